The highest BCUT2D eigenvalue weighted by Gasteiger charge is 2.26. The van der Waals surface area contributed by atoms with Crippen LogP contribution in [0.4, 0.5) is 0 Å². The van der Waals surface area contributed by atoms with Gasteiger partial charge in [0.05, 0.1) is 12.2 Å². The second-order valence-corrected chi connectivity index (χ2v) is 5.76. The quantitative estimate of drug-likeness (QED) is 0.777. The van der Waals surface area contributed by atoms with Gasteiger partial charge in [-0.1, -0.05) is 0 Å². The van der Waals surface area contributed by atoms with Crippen LogP contribution in [-0.2, 0) is 0 Å². The van der Waals surface area contributed by atoms with Crippen molar-refractivity contribution in [2.24, 2.45) is 17.8 Å². The minimum absolute atomic E-state index is 0.0226. The molecule has 2 rings (SSSR count). The van der Waals surface area contributed by atoms with Gasteiger partial charge in [-0.25, -0.2) is 0 Å². The van der Waals surface area contributed by atoms with E-state index in [0.29, 0.717) is 5.92 Å². The van der Waals surface area contributed by atoms with Gasteiger partial charge in [-0.15, -0.1) is 0 Å². The minimum atomic E-state index is -0.0226. The summed E-state index contributed by atoms with van der Waals surface area (Å²) in [6.07, 6.45) is 10.6. The van der Waals surface area contributed by atoms with E-state index in [1.807, 2.05) is 0 Å². The summed E-state index contributed by atoms with van der Waals surface area (Å²) < 4.78 is 0. The van der Waals surface area contributed by atoms with E-state index in [-0.39, 0.29) is 6.10 Å². The van der Waals surface area contributed by atoms with Crippen molar-refractivity contribution in [3.8, 4) is 6.07 Å². The van der Waals surface area contributed by atoms with E-state index in [1.165, 1.54) is 32.1 Å². The van der Waals surface area contributed by atoms with Crippen molar-refractivity contribution in [1.29, 1.82) is 5.26 Å². The van der Waals surface area contributed by atoms with Crippen LogP contribution in [0.25, 0.3) is 0 Å². The average Bonchev–Trinajstić information content (AvgIpc) is 2.33. The van der Waals surface area contributed by atoms with E-state index in [4.69, 9.17) is 5.26 Å². The van der Waals surface area contributed by atoms with E-state index in [0.717, 1.165) is 37.5 Å². The molecule has 2 aliphatic carbocycles. The van der Waals surface area contributed by atoms with Crippen LogP contribution in [0.15, 0.2) is 0 Å². The number of aliphatic hydroxyl groups excluding tert-OH is 1. The number of aliphatic hydroxyl groups is 1. The van der Waals surface area contributed by atoms with Gasteiger partial charge in [0.25, 0.3) is 0 Å². The Morgan fingerprint density at radius 1 is 0.875 bits per heavy atom. The summed E-state index contributed by atoms with van der Waals surface area (Å²) in [5.41, 5.74) is 0. The highest BCUT2D eigenvalue weighted by molar-refractivity contribution is 4.87. The predicted octanol–water partition coefficient (Wildman–Crippen LogP) is 3.26. The number of hydrogen-bond acceptors (Lipinski definition) is 2. The molecule has 90 valence electrons. The lowest BCUT2D eigenvalue weighted by atomic mass is 9.75. The van der Waals surface area contributed by atoms with Crippen molar-refractivity contribution >= 4 is 0 Å². The lowest BCUT2D eigenvalue weighted by Gasteiger charge is -2.31. The molecule has 0 aromatic heterocycles. The van der Waals surface area contributed by atoms with Gasteiger partial charge in [0.15, 0.2) is 0 Å². The van der Waals surface area contributed by atoms with Crippen molar-refractivity contribution in [2.45, 2.75) is 63.9 Å². The molecule has 0 saturated heterocycles. The van der Waals surface area contributed by atoms with Crippen molar-refractivity contribution in [3.05, 3.63) is 0 Å². The van der Waals surface area contributed by atoms with Crippen LogP contribution < -0.4 is 0 Å². The molecule has 0 aromatic carbocycles. The third kappa shape index (κ3) is 3.22. The smallest absolute Gasteiger partial charge is 0.0655 e. The van der Waals surface area contributed by atoms with Gasteiger partial charge in [-0.2, -0.15) is 5.26 Å². The summed E-state index contributed by atoms with van der Waals surface area (Å²) in [5.74, 6) is 2.06. The molecule has 2 aliphatic rings. The molecule has 0 unspecified atom stereocenters. The molecule has 16 heavy (non-hydrogen) atoms. The van der Waals surface area contributed by atoms with E-state index < -0.39 is 0 Å². The Kier molecular flexibility index (Phi) is 4.23. The Balaban J connectivity index is 1.69. The Labute approximate surface area is 98.7 Å². The highest BCUT2D eigenvalue weighted by Crippen LogP contribution is 2.36. The van der Waals surface area contributed by atoms with Crippen LogP contribution in [0.5, 0.6) is 0 Å². The van der Waals surface area contributed by atoms with E-state index >= 15 is 0 Å². The molecule has 0 amide bonds. The molecule has 0 radical (unpaired) electrons. The first-order valence-corrected chi connectivity index (χ1v) is 6.85. The summed E-state index contributed by atoms with van der Waals surface area (Å²) in [4.78, 5) is 0. The van der Waals surface area contributed by atoms with E-state index in [1.54, 1.807) is 0 Å². The van der Waals surface area contributed by atoms with Gasteiger partial charge in [-0.05, 0) is 69.6 Å². The molecule has 0 heterocycles. The number of nitriles is 1. The lowest BCUT2D eigenvalue weighted by Crippen LogP contribution is -2.22. The summed E-state index contributed by atoms with van der Waals surface area (Å²) in [5, 5.41) is 18.3. The molecular formula is C14H23NO. The van der Waals surface area contributed by atoms with Crippen molar-refractivity contribution in [2.75, 3.05) is 0 Å². The Morgan fingerprint density at radius 2 is 1.38 bits per heavy atom. The van der Waals surface area contributed by atoms with Crippen LogP contribution in [0.2, 0.25) is 0 Å². The van der Waals surface area contributed by atoms with Gasteiger partial charge in [0.1, 0.15) is 0 Å². The van der Waals surface area contributed by atoms with Gasteiger partial charge in [0, 0.05) is 5.92 Å². The lowest BCUT2D eigenvalue weighted by molar-refractivity contribution is 0.0977. The molecular weight excluding hydrogens is 198 g/mol. The maximum absolute atomic E-state index is 9.46. The molecule has 0 aliphatic heterocycles. The highest BCUT2D eigenvalue weighted by atomic mass is 16.3. The van der Waals surface area contributed by atoms with Crippen molar-refractivity contribution in [3.63, 3.8) is 0 Å². The minimum Gasteiger partial charge on any atom is -0.393 e. The first kappa shape index (κ1) is 11.9. The molecule has 0 bridgehead atoms. The van der Waals surface area contributed by atoms with Crippen LogP contribution >= 0.6 is 0 Å². The summed E-state index contributed by atoms with van der Waals surface area (Å²) in [7, 11) is 0. The normalized spacial score (nSPS) is 40.2. The number of nitrogens with zero attached hydrogens (tertiary/aromatic N) is 1. The van der Waals surface area contributed by atoms with Gasteiger partial charge < -0.3 is 5.11 Å². The molecule has 1 N–H and O–H groups in total. The summed E-state index contributed by atoms with van der Waals surface area (Å²) in [6.45, 7) is 0. The van der Waals surface area contributed by atoms with Gasteiger partial charge in [0.2, 0.25) is 0 Å². The zero-order chi connectivity index (χ0) is 11.4. The first-order chi connectivity index (χ1) is 7.78. The molecule has 2 fully saturated rings. The third-order valence-electron chi connectivity index (χ3n) is 4.51. The second kappa shape index (κ2) is 5.68. The van der Waals surface area contributed by atoms with Crippen LogP contribution in [0.1, 0.15) is 57.8 Å². The van der Waals surface area contributed by atoms with Gasteiger partial charge in [-0.3, -0.25) is 0 Å². The average molecular weight is 221 g/mol. The van der Waals surface area contributed by atoms with Crippen LogP contribution in [-0.4, -0.2) is 11.2 Å². The third-order valence-corrected chi connectivity index (χ3v) is 4.51. The van der Waals surface area contributed by atoms with E-state index in [2.05, 4.69) is 6.07 Å². The fourth-order valence-corrected chi connectivity index (χ4v) is 3.38. The van der Waals surface area contributed by atoms with Crippen LogP contribution in [0.3, 0.4) is 0 Å². The maximum atomic E-state index is 9.46. The van der Waals surface area contributed by atoms with E-state index in [9.17, 15) is 5.11 Å². The first-order valence-electron chi connectivity index (χ1n) is 6.85. The molecule has 2 nitrogen and oxygen atoms in total. The van der Waals surface area contributed by atoms with Crippen molar-refractivity contribution < 1.29 is 5.11 Å². The maximum Gasteiger partial charge on any atom is 0.0655 e. The largest absolute Gasteiger partial charge is 0.393 e. The molecule has 2 heteroatoms. The number of hydrogen-bond donors (Lipinski definition) is 1. The Bertz CT molecular complexity index is 242. The fourth-order valence-electron chi connectivity index (χ4n) is 3.38. The Hall–Kier alpha value is -0.550. The zero-order valence-electron chi connectivity index (χ0n) is 10.1. The molecule has 0 aromatic rings. The standard InChI is InChI=1S/C14H23NO/c15-10-13-3-1-11(2-4-13)9-12-5-7-14(16)8-6-12/h11-14,16H,1-9H2. The van der Waals surface area contributed by atoms with Gasteiger partial charge >= 0.3 is 0 Å². The molecule has 0 atom stereocenters. The Morgan fingerprint density at radius 3 is 1.88 bits per heavy atom. The number of rotatable bonds is 2. The second-order valence-electron chi connectivity index (χ2n) is 5.76. The predicted molar refractivity (Wildman–Crippen MR) is 63.6 cm³/mol. The fraction of sp³-hybridized carbons (Fsp3) is 0.929. The molecule has 2 saturated carbocycles. The summed E-state index contributed by atoms with van der Waals surface area (Å²) >= 11 is 0. The van der Waals surface area contributed by atoms with Crippen LogP contribution in [0, 0.1) is 29.1 Å². The summed E-state index contributed by atoms with van der Waals surface area (Å²) in [6, 6.07) is 2.40. The zero-order valence-corrected chi connectivity index (χ0v) is 10.1. The molecule has 0 spiro atoms. The monoisotopic (exact) mass is 221 g/mol. The van der Waals surface area contributed by atoms with Crippen molar-refractivity contribution in [1.82, 2.24) is 0 Å². The SMILES string of the molecule is N#CC1CCC(CC2CCC(O)CC2)CC1. The topological polar surface area (TPSA) is 44.0 Å².